The van der Waals surface area contributed by atoms with Crippen molar-refractivity contribution in [3.05, 3.63) is 6.33 Å². The summed E-state index contributed by atoms with van der Waals surface area (Å²) in [5, 5.41) is 3.03. The van der Waals surface area contributed by atoms with Crippen molar-refractivity contribution in [2.75, 3.05) is 12.4 Å². The number of ether oxygens (including phenoxy) is 1. The lowest BCUT2D eigenvalue weighted by Crippen LogP contribution is -2.10. The summed E-state index contributed by atoms with van der Waals surface area (Å²) in [6.45, 7) is 4.20. The second-order valence-electron chi connectivity index (χ2n) is 5.18. The van der Waals surface area contributed by atoms with E-state index in [0.29, 0.717) is 28.8 Å². The highest BCUT2D eigenvalue weighted by Crippen LogP contribution is 2.35. The van der Waals surface area contributed by atoms with Gasteiger partial charge in [0, 0.05) is 14.6 Å². The summed E-state index contributed by atoms with van der Waals surface area (Å²) < 4.78 is 15.4. The average Bonchev–Trinajstić information content (AvgIpc) is 3.09. The lowest BCUT2D eigenvalue weighted by atomic mass is 10.1. The molecule has 1 aliphatic heterocycles. The maximum atomic E-state index is 7.56. The van der Waals surface area contributed by atoms with E-state index in [-0.39, 0.29) is 19.2 Å². The van der Waals surface area contributed by atoms with Gasteiger partial charge in [0.05, 0.1) is 12.4 Å². The summed E-state index contributed by atoms with van der Waals surface area (Å²) in [4.78, 5) is 17.4. The van der Waals surface area contributed by atoms with E-state index in [2.05, 4.69) is 32.2 Å². The number of nitrogens with one attached hydrogen (secondary N) is 1. The highest BCUT2D eigenvalue weighted by atomic mass is 16.5. The molecule has 1 aliphatic rings. The first-order valence-corrected chi connectivity index (χ1v) is 7.03. The molecule has 3 heterocycles. The van der Waals surface area contributed by atoms with E-state index in [1.165, 1.54) is 0 Å². The average molecular weight is 289 g/mol. The molecule has 0 spiro atoms. The molecule has 0 radical (unpaired) electrons. The van der Waals surface area contributed by atoms with Gasteiger partial charge in [0.2, 0.25) is 0 Å². The SMILES string of the molecule is [2H]CC1OC(n2cnc3c(NC)nc(N=CC)nc32)C[C@H]1C. The second-order valence-corrected chi connectivity index (χ2v) is 5.18. The molecule has 2 unspecified atom stereocenters. The predicted octanol–water partition coefficient (Wildman–Crippen LogP) is 2.53. The fourth-order valence-corrected chi connectivity index (χ4v) is 2.50. The lowest BCUT2D eigenvalue weighted by Gasteiger charge is -2.13. The fourth-order valence-electron chi connectivity index (χ4n) is 2.50. The zero-order valence-electron chi connectivity index (χ0n) is 13.4. The van der Waals surface area contributed by atoms with Crippen LogP contribution in [0.3, 0.4) is 0 Å². The summed E-state index contributed by atoms with van der Waals surface area (Å²) in [5.74, 6) is 1.38. The van der Waals surface area contributed by atoms with Crippen molar-refractivity contribution in [3.63, 3.8) is 0 Å². The maximum Gasteiger partial charge on any atom is 0.253 e. The molecule has 2 aromatic rings. The van der Waals surface area contributed by atoms with E-state index in [1.807, 2.05) is 11.5 Å². The molecular formula is C14H20N6O. The number of nitrogens with zero attached hydrogens (tertiary/aromatic N) is 5. The van der Waals surface area contributed by atoms with Crippen molar-refractivity contribution in [2.24, 2.45) is 10.9 Å². The second kappa shape index (κ2) is 5.40. The zero-order chi connectivity index (χ0) is 15.7. The van der Waals surface area contributed by atoms with Gasteiger partial charge in [0.15, 0.2) is 17.0 Å². The Balaban J connectivity index is 2.06. The third kappa shape index (κ3) is 2.37. The van der Waals surface area contributed by atoms with Crippen LogP contribution in [0.25, 0.3) is 11.2 Å². The quantitative estimate of drug-likeness (QED) is 0.879. The first-order valence-electron chi connectivity index (χ1n) is 7.74. The molecular weight excluding hydrogens is 268 g/mol. The molecule has 0 aromatic carbocycles. The van der Waals surface area contributed by atoms with Gasteiger partial charge < -0.3 is 10.1 Å². The number of rotatable bonds is 3. The molecule has 1 saturated heterocycles. The molecule has 0 saturated carbocycles. The minimum atomic E-state index is -0.145. The van der Waals surface area contributed by atoms with Gasteiger partial charge in [-0.3, -0.25) is 4.57 Å². The molecule has 7 heteroatoms. The molecule has 0 amide bonds. The predicted molar refractivity (Wildman–Crippen MR) is 82.1 cm³/mol. The van der Waals surface area contributed by atoms with Gasteiger partial charge in [0.25, 0.3) is 5.95 Å². The summed E-state index contributed by atoms with van der Waals surface area (Å²) in [6, 6.07) is 0. The molecule has 112 valence electrons. The van der Waals surface area contributed by atoms with Gasteiger partial charge in [-0.25, -0.2) is 9.98 Å². The van der Waals surface area contributed by atoms with Crippen LogP contribution in [0.2, 0.25) is 0 Å². The van der Waals surface area contributed by atoms with E-state index >= 15 is 0 Å². The first kappa shape index (κ1) is 12.7. The summed E-state index contributed by atoms with van der Waals surface area (Å²) in [7, 11) is 1.80. The molecule has 1 N–H and O–H groups in total. The Morgan fingerprint density at radius 1 is 1.57 bits per heavy atom. The number of aliphatic imine (C=N–C) groups is 1. The van der Waals surface area contributed by atoms with Crippen LogP contribution in [0.4, 0.5) is 11.8 Å². The van der Waals surface area contributed by atoms with Gasteiger partial charge >= 0.3 is 0 Å². The number of aromatic nitrogens is 4. The number of anilines is 1. The Labute approximate surface area is 124 Å². The van der Waals surface area contributed by atoms with Crippen LogP contribution in [0.1, 0.15) is 34.8 Å². The molecule has 21 heavy (non-hydrogen) atoms. The lowest BCUT2D eigenvalue weighted by molar-refractivity contribution is 0.00798. The van der Waals surface area contributed by atoms with Crippen molar-refractivity contribution in [1.82, 2.24) is 19.5 Å². The number of imidazole rings is 1. The highest BCUT2D eigenvalue weighted by Gasteiger charge is 2.31. The highest BCUT2D eigenvalue weighted by molar-refractivity contribution is 5.84. The standard InChI is InChI=1S/C14H20N6O/c1-5-16-14-18-12(15-4)11-13(19-14)20(7-17-11)10-6-8(2)9(3)21-10/h5,7-10H,6H2,1-4H3,(H,15,18,19)/t8-,9?,10?/m1/s1/i3D. The molecule has 7 nitrogen and oxygen atoms in total. The Bertz CT molecular complexity index is 700. The van der Waals surface area contributed by atoms with Crippen molar-refractivity contribution in [1.29, 1.82) is 0 Å². The summed E-state index contributed by atoms with van der Waals surface area (Å²) in [6.07, 6.45) is 4.05. The minimum absolute atomic E-state index is 0.0406. The molecule has 0 aliphatic carbocycles. The third-order valence-electron chi connectivity index (χ3n) is 3.74. The minimum Gasteiger partial charge on any atom is -0.371 e. The topological polar surface area (TPSA) is 77.2 Å². The van der Waals surface area contributed by atoms with E-state index < -0.39 is 0 Å². The van der Waals surface area contributed by atoms with E-state index in [1.54, 1.807) is 19.6 Å². The van der Waals surface area contributed by atoms with Crippen molar-refractivity contribution < 1.29 is 6.11 Å². The van der Waals surface area contributed by atoms with E-state index in [9.17, 15) is 0 Å². The smallest absolute Gasteiger partial charge is 0.253 e. The van der Waals surface area contributed by atoms with Crippen LogP contribution in [0, 0.1) is 5.92 Å². The Hall–Kier alpha value is -2.02. The molecule has 1 fully saturated rings. The van der Waals surface area contributed by atoms with Crippen LogP contribution in [-0.4, -0.2) is 38.9 Å². The van der Waals surface area contributed by atoms with Crippen LogP contribution < -0.4 is 5.32 Å². The zero-order valence-corrected chi connectivity index (χ0v) is 12.4. The van der Waals surface area contributed by atoms with Gasteiger partial charge in [-0.15, -0.1) is 0 Å². The Kier molecular flexibility index (Phi) is 3.27. The van der Waals surface area contributed by atoms with Gasteiger partial charge in [-0.2, -0.15) is 9.97 Å². The molecule has 3 atom stereocenters. The molecule has 2 aromatic heterocycles. The largest absolute Gasteiger partial charge is 0.371 e. The van der Waals surface area contributed by atoms with Crippen LogP contribution in [0.15, 0.2) is 11.3 Å². The van der Waals surface area contributed by atoms with E-state index in [0.717, 1.165) is 6.42 Å². The monoisotopic (exact) mass is 289 g/mol. The van der Waals surface area contributed by atoms with Crippen molar-refractivity contribution in [3.8, 4) is 0 Å². The molecule has 0 bridgehead atoms. The number of hydrogen-bond donors (Lipinski definition) is 1. The normalized spacial score (nSPS) is 26.6. The molecule has 3 rings (SSSR count). The summed E-state index contributed by atoms with van der Waals surface area (Å²) >= 11 is 0. The third-order valence-corrected chi connectivity index (χ3v) is 3.74. The van der Waals surface area contributed by atoms with E-state index in [4.69, 9.17) is 6.11 Å². The van der Waals surface area contributed by atoms with Gasteiger partial charge in [-0.1, -0.05) is 6.92 Å². The van der Waals surface area contributed by atoms with Crippen LogP contribution in [-0.2, 0) is 4.74 Å². The van der Waals surface area contributed by atoms with Gasteiger partial charge in [-0.05, 0) is 26.2 Å². The number of fused-ring (bicyclic) bond motifs is 1. The summed E-state index contributed by atoms with van der Waals surface area (Å²) in [5.41, 5.74) is 1.39. The van der Waals surface area contributed by atoms with Crippen LogP contribution >= 0.6 is 0 Å². The first-order chi connectivity index (χ1) is 10.7. The fraction of sp³-hybridized carbons (Fsp3) is 0.571. The van der Waals surface area contributed by atoms with Gasteiger partial charge in [0.1, 0.15) is 6.23 Å². The Morgan fingerprint density at radius 3 is 3.10 bits per heavy atom. The number of hydrogen-bond acceptors (Lipinski definition) is 6. The maximum absolute atomic E-state index is 7.56. The Morgan fingerprint density at radius 2 is 2.43 bits per heavy atom. The van der Waals surface area contributed by atoms with Crippen molar-refractivity contribution in [2.45, 2.75) is 39.5 Å². The van der Waals surface area contributed by atoms with Crippen LogP contribution in [0.5, 0.6) is 0 Å². The van der Waals surface area contributed by atoms with Crippen molar-refractivity contribution >= 4 is 29.1 Å².